The van der Waals surface area contributed by atoms with E-state index >= 15 is 0 Å². The molecule has 1 aromatic heterocycles. The predicted octanol–water partition coefficient (Wildman–Crippen LogP) is 7.30. The second-order valence-electron chi connectivity index (χ2n) is 8.22. The second-order valence-corrected chi connectivity index (χ2v) is 8.22. The number of para-hydroxylation sites is 3. The quantitative estimate of drug-likeness (QED) is 0.324. The van der Waals surface area contributed by atoms with Crippen LogP contribution in [0.1, 0.15) is 54.9 Å². The highest BCUT2D eigenvalue weighted by atomic mass is 19.4. The second kappa shape index (κ2) is 6.46. The van der Waals surface area contributed by atoms with Gasteiger partial charge < -0.3 is 0 Å². The number of hydrogen-bond acceptors (Lipinski definition) is 1. The summed E-state index contributed by atoms with van der Waals surface area (Å²) in [4.78, 5) is 4.86. The number of rotatable bonds is 1. The standard InChI is InChI=1S/C25H21F3N2/c1-14(2)17-7-6-8-18-15(3)20-13-16(25(26,27)28)11-12-19(20)24-29-21-9-4-5-10-22(21)30(24)23(17)18/h4-15H,1-3H3. The number of halogens is 3. The van der Waals surface area contributed by atoms with Crippen LogP contribution in [0.2, 0.25) is 0 Å². The number of hydrogen-bond donors (Lipinski definition) is 0. The average molecular weight is 406 g/mol. The van der Waals surface area contributed by atoms with E-state index in [4.69, 9.17) is 4.98 Å². The summed E-state index contributed by atoms with van der Waals surface area (Å²) in [7, 11) is 0. The summed E-state index contributed by atoms with van der Waals surface area (Å²) in [6, 6.07) is 18.0. The lowest BCUT2D eigenvalue weighted by atomic mass is 9.86. The van der Waals surface area contributed by atoms with Crippen LogP contribution in [0.15, 0.2) is 60.7 Å². The Morgan fingerprint density at radius 2 is 1.70 bits per heavy atom. The number of aromatic nitrogens is 2. The maximum Gasteiger partial charge on any atom is 0.416 e. The van der Waals surface area contributed by atoms with Crippen LogP contribution in [0.5, 0.6) is 0 Å². The van der Waals surface area contributed by atoms with Gasteiger partial charge >= 0.3 is 6.18 Å². The highest BCUT2D eigenvalue weighted by Gasteiger charge is 2.34. The Labute approximate surface area is 173 Å². The van der Waals surface area contributed by atoms with E-state index in [-0.39, 0.29) is 11.8 Å². The van der Waals surface area contributed by atoms with Gasteiger partial charge in [0.25, 0.3) is 0 Å². The first-order chi connectivity index (χ1) is 14.3. The molecule has 0 spiro atoms. The van der Waals surface area contributed by atoms with Gasteiger partial charge in [-0.2, -0.15) is 13.2 Å². The fourth-order valence-corrected chi connectivity index (χ4v) is 4.55. The minimum absolute atomic E-state index is 0.198. The van der Waals surface area contributed by atoms with Crippen LogP contribution >= 0.6 is 0 Å². The Hall–Kier alpha value is -3.08. The molecule has 0 aliphatic carbocycles. The molecule has 5 heteroatoms. The maximum atomic E-state index is 13.5. The third-order valence-electron chi connectivity index (χ3n) is 6.06. The normalized spacial score (nSPS) is 15.6. The molecule has 3 aromatic carbocycles. The lowest BCUT2D eigenvalue weighted by Gasteiger charge is -2.21. The minimum Gasteiger partial charge on any atom is -0.292 e. The number of nitrogens with zero attached hydrogens (tertiary/aromatic N) is 2. The smallest absolute Gasteiger partial charge is 0.292 e. The molecule has 30 heavy (non-hydrogen) atoms. The zero-order chi connectivity index (χ0) is 21.2. The first-order valence-corrected chi connectivity index (χ1v) is 10.1. The van der Waals surface area contributed by atoms with Gasteiger partial charge in [0, 0.05) is 11.5 Å². The Balaban J connectivity index is 1.95. The number of imidazole rings is 1. The molecular formula is C25H21F3N2. The van der Waals surface area contributed by atoms with Crippen molar-refractivity contribution < 1.29 is 13.2 Å². The lowest BCUT2D eigenvalue weighted by molar-refractivity contribution is -0.137. The van der Waals surface area contributed by atoms with Gasteiger partial charge in [0.15, 0.2) is 0 Å². The molecular weight excluding hydrogens is 385 g/mol. The Kier molecular flexibility index (Phi) is 4.07. The topological polar surface area (TPSA) is 17.8 Å². The lowest BCUT2D eigenvalue weighted by Crippen LogP contribution is -2.08. The van der Waals surface area contributed by atoms with Crippen LogP contribution in [0.4, 0.5) is 13.2 Å². The molecule has 4 aromatic rings. The molecule has 2 heterocycles. The molecule has 1 atom stereocenters. The van der Waals surface area contributed by atoms with E-state index in [0.717, 1.165) is 39.5 Å². The molecule has 0 amide bonds. The third kappa shape index (κ3) is 2.68. The summed E-state index contributed by atoms with van der Waals surface area (Å²) in [5.41, 5.74) is 5.78. The number of fused-ring (bicyclic) bond motifs is 7. The van der Waals surface area contributed by atoms with Crippen molar-refractivity contribution in [3.63, 3.8) is 0 Å². The summed E-state index contributed by atoms with van der Waals surface area (Å²) in [5, 5.41) is 0. The van der Waals surface area contributed by atoms with E-state index < -0.39 is 11.7 Å². The summed E-state index contributed by atoms with van der Waals surface area (Å²) in [6.45, 7) is 6.26. The Morgan fingerprint density at radius 3 is 2.43 bits per heavy atom. The highest BCUT2D eigenvalue weighted by molar-refractivity contribution is 5.86. The molecule has 0 saturated heterocycles. The van der Waals surface area contributed by atoms with Gasteiger partial charge in [0.2, 0.25) is 0 Å². The summed E-state index contributed by atoms with van der Waals surface area (Å²) < 4.78 is 42.6. The molecule has 0 radical (unpaired) electrons. The average Bonchev–Trinajstić information content (AvgIpc) is 3.06. The van der Waals surface area contributed by atoms with Crippen molar-refractivity contribution in [3.05, 3.63) is 82.9 Å². The van der Waals surface area contributed by atoms with Crippen LogP contribution in [-0.4, -0.2) is 9.55 Å². The van der Waals surface area contributed by atoms with Gasteiger partial charge in [-0.3, -0.25) is 4.57 Å². The molecule has 5 rings (SSSR count). The maximum absolute atomic E-state index is 13.5. The van der Waals surface area contributed by atoms with Crippen LogP contribution in [0.25, 0.3) is 28.1 Å². The van der Waals surface area contributed by atoms with Crippen LogP contribution in [0.3, 0.4) is 0 Å². The van der Waals surface area contributed by atoms with Crippen molar-refractivity contribution in [3.8, 4) is 17.1 Å². The van der Waals surface area contributed by atoms with Gasteiger partial charge in [-0.15, -0.1) is 0 Å². The van der Waals surface area contributed by atoms with E-state index in [1.54, 1.807) is 6.07 Å². The third-order valence-corrected chi connectivity index (χ3v) is 6.06. The van der Waals surface area contributed by atoms with Gasteiger partial charge in [-0.1, -0.05) is 57.2 Å². The first-order valence-electron chi connectivity index (χ1n) is 10.1. The largest absolute Gasteiger partial charge is 0.416 e. The van der Waals surface area contributed by atoms with Crippen molar-refractivity contribution in [1.82, 2.24) is 9.55 Å². The zero-order valence-electron chi connectivity index (χ0n) is 17.0. The van der Waals surface area contributed by atoms with Gasteiger partial charge in [0.05, 0.1) is 22.3 Å². The van der Waals surface area contributed by atoms with E-state index in [2.05, 4.69) is 24.5 Å². The molecule has 0 bridgehead atoms. The molecule has 1 aliphatic rings. The summed E-state index contributed by atoms with van der Waals surface area (Å²) in [6.07, 6.45) is -4.39. The van der Waals surface area contributed by atoms with Gasteiger partial charge in [-0.05, 0) is 46.9 Å². The highest BCUT2D eigenvalue weighted by Crippen LogP contribution is 2.46. The molecule has 152 valence electrons. The fraction of sp³-hybridized carbons (Fsp3) is 0.240. The predicted molar refractivity (Wildman–Crippen MR) is 113 cm³/mol. The first kappa shape index (κ1) is 18.9. The van der Waals surface area contributed by atoms with E-state index in [9.17, 15) is 13.2 Å². The summed E-state index contributed by atoms with van der Waals surface area (Å²) in [5.74, 6) is 0.753. The van der Waals surface area contributed by atoms with Gasteiger partial charge in [-0.25, -0.2) is 4.98 Å². The fourth-order valence-electron chi connectivity index (χ4n) is 4.55. The van der Waals surface area contributed by atoms with Crippen LogP contribution < -0.4 is 0 Å². The van der Waals surface area contributed by atoms with Crippen molar-refractivity contribution in [2.45, 2.75) is 38.8 Å². The zero-order valence-corrected chi connectivity index (χ0v) is 17.0. The minimum atomic E-state index is -4.39. The van der Waals surface area contributed by atoms with E-state index in [1.165, 1.54) is 6.07 Å². The monoisotopic (exact) mass is 406 g/mol. The van der Waals surface area contributed by atoms with E-state index in [0.29, 0.717) is 11.4 Å². The van der Waals surface area contributed by atoms with Crippen molar-refractivity contribution in [1.29, 1.82) is 0 Å². The van der Waals surface area contributed by atoms with Crippen molar-refractivity contribution in [2.24, 2.45) is 0 Å². The van der Waals surface area contributed by atoms with Crippen molar-refractivity contribution in [2.75, 3.05) is 0 Å². The number of benzene rings is 3. The van der Waals surface area contributed by atoms with Gasteiger partial charge in [0.1, 0.15) is 5.82 Å². The SMILES string of the molecule is CC(C)c1cccc2c1-n1c(nc3ccccc31)-c1ccc(C(F)(F)F)cc1C2C. The van der Waals surface area contributed by atoms with Crippen LogP contribution in [-0.2, 0) is 6.18 Å². The van der Waals surface area contributed by atoms with E-state index in [1.807, 2.05) is 43.3 Å². The molecule has 0 saturated carbocycles. The molecule has 1 aliphatic heterocycles. The Morgan fingerprint density at radius 1 is 0.933 bits per heavy atom. The summed E-state index contributed by atoms with van der Waals surface area (Å²) >= 11 is 0. The molecule has 0 N–H and O–H groups in total. The molecule has 1 unspecified atom stereocenters. The molecule has 2 nitrogen and oxygen atoms in total. The van der Waals surface area contributed by atoms with Crippen LogP contribution in [0, 0.1) is 0 Å². The van der Waals surface area contributed by atoms with Crippen molar-refractivity contribution >= 4 is 11.0 Å². The Bertz CT molecular complexity index is 1280. The number of alkyl halides is 3. The molecule has 0 fully saturated rings.